The van der Waals surface area contributed by atoms with Crippen LogP contribution in [0.5, 0.6) is 0 Å². The average molecular weight is 291 g/mol. The molecule has 0 radical (unpaired) electrons. The first-order chi connectivity index (χ1) is 9.61. The van der Waals surface area contributed by atoms with Gasteiger partial charge in [-0.15, -0.1) is 11.6 Å². The third kappa shape index (κ3) is 3.22. The van der Waals surface area contributed by atoms with Gasteiger partial charge in [-0.3, -0.25) is 0 Å². The Labute approximate surface area is 128 Å². The van der Waals surface area contributed by atoms with Gasteiger partial charge in [0.25, 0.3) is 0 Å². The van der Waals surface area contributed by atoms with Crippen LogP contribution in [0.15, 0.2) is 24.3 Å². The Hall–Kier alpha value is -0.490. The summed E-state index contributed by atoms with van der Waals surface area (Å²) in [6, 6.07) is 9.04. The lowest BCUT2D eigenvalue weighted by atomic mass is 9.84. The lowest BCUT2D eigenvalue weighted by molar-refractivity contribution is 0.312. The maximum absolute atomic E-state index is 6.68. The lowest BCUT2D eigenvalue weighted by Crippen LogP contribution is -2.12. The van der Waals surface area contributed by atoms with Crippen molar-refractivity contribution in [2.75, 3.05) is 0 Å². The fourth-order valence-corrected chi connectivity index (χ4v) is 4.78. The van der Waals surface area contributed by atoms with Gasteiger partial charge in [-0.2, -0.15) is 0 Å². The molecule has 2 saturated carbocycles. The Morgan fingerprint density at radius 1 is 1.10 bits per heavy atom. The molecule has 2 aliphatic carbocycles. The van der Waals surface area contributed by atoms with Gasteiger partial charge in [-0.05, 0) is 66.9 Å². The molecule has 1 heteroatoms. The van der Waals surface area contributed by atoms with Gasteiger partial charge in [0, 0.05) is 0 Å². The summed E-state index contributed by atoms with van der Waals surface area (Å²) < 4.78 is 0. The molecule has 3 rings (SSSR count). The van der Waals surface area contributed by atoms with E-state index in [1.54, 1.807) is 0 Å². The number of rotatable bonds is 5. The number of hydrogen-bond donors (Lipinski definition) is 0. The van der Waals surface area contributed by atoms with Crippen LogP contribution in [0.4, 0.5) is 0 Å². The lowest BCUT2D eigenvalue weighted by Gasteiger charge is -2.24. The largest absolute Gasteiger partial charge is 0.118 e. The Kier molecular flexibility index (Phi) is 4.40. The maximum atomic E-state index is 6.68. The van der Waals surface area contributed by atoms with Crippen molar-refractivity contribution >= 4 is 11.6 Å². The zero-order chi connectivity index (χ0) is 14.1. The van der Waals surface area contributed by atoms with E-state index in [4.69, 9.17) is 11.6 Å². The van der Waals surface area contributed by atoms with Crippen LogP contribution in [-0.4, -0.2) is 0 Å². The van der Waals surface area contributed by atoms with Crippen molar-refractivity contribution in [3.63, 3.8) is 0 Å². The summed E-state index contributed by atoms with van der Waals surface area (Å²) in [6.07, 6.45) is 8.23. The van der Waals surface area contributed by atoms with E-state index in [1.807, 2.05) is 0 Å². The second kappa shape index (κ2) is 6.10. The molecule has 2 aliphatic rings. The molecule has 4 unspecified atom stereocenters. The van der Waals surface area contributed by atoms with Gasteiger partial charge < -0.3 is 0 Å². The van der Waals surface area contributed by atoms with E-state index in [-0.39, 0.29) is 5.38 Å². The second-order valence-corrected chi connectivity index (χ2v) is 8.00. The van der Waals surface area contributed by atoms with E-state index >= 15 is 0 Å². The Morgan fingerprint density at radius 3 is 2.40 bits per heavy atom. The quantitative estimate of drug-likeness (QED) is 0.584. The first kappa shape index (κ1) is 14.4. The SMILES string of the molecule is CC(C)Cc1ccc(C(Cl)CC2CC3CCC2C3)cc1. The Balaban J connectivity index is 1.58. The molecule has 4 atom stereocenters. The molecule has 0 aliphatic heterocycles. The number of hydrogen-bond acceptors (Lipinski definition) is 0. The predicted octanol–water partition coefficient (Wildman–Crippen LogP) is 5.99. The van der Waals surface area contributed by atoms with Crippen LogP contribution >= 0.6 is 11.6 Å². The summed E-state index contributed by atoms with van der Waals surface area (Å²) in [5, 5.41) is 0.215. The molecule has 0 saturated heterocycles. The molecule has 110 valence electrons. The molecular formula is C19H27Cl. The topological polar surface area (TPSA) is 0 Å². The van der Waals surface area contributed by atoms with Gasteiger partial charge in [-0.25, -0.2) is 0 Å². The number of fused-ring (bicyclic) bond motifs is 2. The van der Waals surface area contributed by atoms with Crippen LogP contribution in [0.2, 0.25) is 0 Å². The number of benzene rings is 1. The zero-order valence-electron chi connectivity index (χ0n) is 12.8. The standard InChI is InChI=1S/C19H27Cl/c1-13(2)9-14-3-6-16(7-4-14)19(20)12-18-11-15-5-8-17(18)10-15/h3-4,6-7,13,15,17-19H,5,8-12H2,1-2H3. The van der Waals surface area contributed by atoms with E-state index in [2.05, 4.69) is 38.1 Å². The molecule has 0 aromatic heterocycles. The summed E-state index contributed by atoms with van der Waals surface area (Å²) in [4.78, 5) is 0. The maximum Gasteiger partial charge on any atom is 0.0588 e. The van der Waals surface area contributed by atoms with E-state index in [0.717, 1.165) is 23.7 Å². The van der Waals surface area contributed by atoms with E-state index in [0.29, 0.717) is 0 Å². The molecule has 0 N–H and O–H groups in total. The third-order valence-electron chi connectivity index (χ3n) is 5.38. The van der Waals surface area contributed by atoms with Gasteiger partial charge >= 0.3 is 0 Å². The van der Waals surface area contributed by atoms with Crippen molar-refractivity contribution in [2.45, 2.75) is 57.7 Å². The molecule has 2 bridgehead atoms. The summed E-state index contributed by atoms with van der Waals surface area (Å²) >= 11 is 6.68. The fraction of sp³-hybridized carbons (Fsp3) is 0.684. The average Bonchev–Trinajstić information content (AvgIpc) is 3.01. The highest BCUT2D eigenvalue weighted by Gasteiger charge is 2.39. The molecular weight excluding hydrogens is 264 g/mol. The van der Waals surface area contributed by atoms with Gasteiger partial charge in [0.05, 0.1) is 5.38 Å². The van der Waals surface area contributed by atoms with Gasteiger partial charge in [-0.1, -0.05) is 44.5 Å². The molecule has 0 nitrogen and oxygen atoms in total. The first-order valence-electron chi connectivity index (χ1n) is 8.34. The van der Waals surface area contributed by atoms with Crippen LogP contribution in [0.25, 0.3) is 0 Å². The van der Waals surface area contributed by atoms with Gasteiger partial charge in [0.15, 0.2) is 0 Å². The van der Waals surface area contributed by atoms with Gasteiger partial charge in [0.1, 0.15) is 0 Å². The smallest absolute Gasteiger partial charge is 0.0588 e. The Bertz CT molecular complexity index is 434. The van der Waals surface area contributed by atoms with Crippen molar-refractivity contribution in [1.29, 1.82) is 0 Å². The summed E-state index contributed by atoms with van der Waals surface area (Å²) in [5.41, 5.74) is 2.76. The minimum absolute atomic E-state index is 0.215. The van der Waals surface area contributed by atoms with Crippen LogP contribution in [0.3, 0.4) is 0 Å². The molecule has 0 amide bonds. The van der Waals surface area contributed by atoms with Crippen LogP contribution in [0, 0.1) is 23.7 Å². The zero-order valence-corrected chi connectivity index (χ0v) is 13.6. The monoisotopic (exact) mass is 290 g/mol. The number of halogens is 1. The molecule has 1 aromatic rings. The van der Waals surface area contributed by atoms with E-state index < -0.39 is 0 Å². The summed E-state index contributed by atoms with van der Waals surface area (Å²) in [5.74, 6) is 3.64. The highest BCUT2D eigenvalue weighted by Crippen LogP contribution is 2.51. The normalized spacial score (nSPS) is 30.1. The molecule has 2 fully saturated rings. The number of alkyl halides is 1. The first-order valence-corrected chi connectivity index (χ1v) is 8.78. The van der Waals surface area contributed by atoms with Crippen molar-refractivity contribution < 1.29 is 0 Å². The molecule has 0 heterocycles. The molecule has 0 spiro atoms. The summed E-state index contributed by atoms with van der Waals surface area (Å²) in [6.45, 7) is 4.54. The molecule has 1 aromatic carbocycles. The van der Waals surface area contributed by atoms with Crippen LogP contribution in [-0.2, 0) is 6.42 Å². The van der Waals surface area contributed by atoms with Crippen LogP contribution < -0.4 is 0 Å². The van der Waals surface area contributed by atoms with Crippen molar-refractivity contribution in [3.05, 3.63) is 35.4 Å². The minimum atomic E-state index is 0.215. The summed E-state index contributed by atoms with van der Waals surface area (Å²) in [7, 11) is 0. The van der Waals surface area contributed by atoms with Crippen molar-refractivity contribution in [3.8, 4) is 0 Å². The predicted molar refractivity (Wildman–Crippen MR) is 87.1 cm³/mol. The van der Waals surface area contributed by atoms with Crippen molar-refractivity contribution in [1.82, 2.24) is 0 Å². The highest BCUT2D eigenvalue weighted by atomic mass is 35.5. The fourth-order valence-electron chi connectivity index (χ4n) is 4.40. The molecule has 20 heavy (non-hydrogen) atoms. The Morgan fingerprint density at radius 2 is 1.85 bits per heavy atom. The highest BCUT2D eigenvalue weighted by molar-refractivity contribution is 6.20. The van der Waals surface area contributed by atoms with Crippen molar-refractivity contribution in [2.24, 2.45) is 23.7 Å². The second-order valence-electron chi connectivity index (χ2n) is 7.48. The third-order valence-corrected chi connectivity index (χ3v) is 5.81. The van der Waals surface area contributed by atoms with E-state index in [1.165, 1.54) is 49.7 Å². The minimum Gasteiger partial charge on any atom is -0.118 e. The van der Waals surface area contributed by atoms with E-state index in [9.17, 15) is 0 Å². The van der Waals surface area contributed by atoms with Gasteiger partial charge in [0.2, 0.25) is 0 Å². The van der Waals surface area contributed by atoms with Crippen LogP contribution in [0.1, 0.15) is 62.5 Å².